The molecule has 1 aromatic carbocycles. The monoisotopic (exact) mass is 254 g/mol. The van der Waals surface area contributed by atoms with Gasteiger partial charge in [-0.1, -0.05) is 24.3 Å². The number of hydrogen-bond acceptors (Lipinski definition) is 3. The standard InChI is InChI=1S/C13H18O3S/c1-3-16-13(14)8-9-17(15)10-12-7-5-4-6-11(12)2/h4-7H,3,8-10H2,1-2H3. The van der Waals surface area contributed by atoms with E-state index in [0.29, 0.717) is 18.1 Å². The van der Waals surface area contributed by atoms with Crippen molar-refractivity contribution in [2.24, 2.45) is 0 Å². The number of hydrogen-bond donors (Lipinski definition) is 0. The smallest absolute Gasteiger partial charge is 0.306 e. The highest BCUT2D eigenvalue weighted by Gasteiger charge is 2.08. The third kappa shape index (κ3) is 5.13. The summed E-state index contributed by atoms with van der Waals surface area (Å²) in [6.07, 6.45) is 0.229. The van der Waals surface area contributed by atoms with Gasteiger partial charge in [-0.25, -0.2) is 0 Å². The fraction of sp³-hybridized carbons (Fsp3) is 0.462. The molecule has 0 amide bonds. The highest BCUT2D eigenvalue weighted by Crippen LogP contribution is 2.10. The number of aryl methyl sites for hydroxylation is 1. The first-order valence-electron chi connectivity index (χ1n) is 5.68. The molecule has 0 aliphatic carbocycles. The summed E-state index contributed by atoms with van der Waals surface area (Å²) < 4.78 is 16.6. The van der Waals surface area contributed by atoms with Crippen LogP contribution in [0.1, 0.15) is 24.5 Å². The van der Waals surface area contributed by atoms with Crippen molar-refractivity contribution in [1.29, 1.82) is 0 Å². The van der Waals surface area contributed by atoms with Gasteiger partial charge in [0.2, 0.25) is 0 Å². The minimum atomic E-state index is -1.01. The maximum Gasteiger partial charge on any atom is 0.306 e. The van der Waals surface area contributed by atoms with Gasteiger partial charge in [0.15, 0.2) is 0 Å². The van der Waals surface area contributed by atoms with Crippen molar-refractivity contribution in [3.63, 3.8) is 0 Å². The second-order valence-electron chi connectivity index (χ2n) is 3.77. The predicted octanol–water partition coefficient (Wildman–Crippen LogP) is 2.20. The van der Waals surface area contributed by atoms with Crippen LogP contribution in [0.25, 0.3) is 0 Å². The molecule has 0 saturated carbocycles. The Morgan fingerprint density at radius 2 is 2.06 bits per heavy atom. The molecule has 0 aliphatic rings. The quantitative estimate of drug-likeness (QED) is 0.731. The number of rotatable bonds is 6. The minimum absolute atomic E-state index is 0.229. The zero-order valence-corrected chi connectivity index (χ0v) is 11.1. The van der Waals surface area contributed by atoms with E-state index in [1.54, 1.807) is 6.92 Å². The van der Waals surface area contributed by atoms with E-state index in [2.05, 4.69) is 0 Å². The molecule has 0 heterocycles. The van der Waals surface area contributed by atoms with Gasteiger partial charge >= 0.3 is 5.97 Å². The molecule has 17 heavy (non-hydrogen) atoms. The minimum Gasteiger partial charge on any atom is -0.466 e. The Hall–Kier alpha value is -1.16. The van der Waals surface area contributed by atoms with E-state index in [4.69, 9.17) is 4.74 Å². The third-order valence-electron chi connectivity index (χ3n) is 2.42. The second-order valence-corrected chi connectivity index (χ2v) is 5.35. The second kappa shape index (κ2) is 7.22. The average Bonchev–Trinajstić information content (AvgIpc) is 2.30. The van der Waals surface area contributed by atoms with Crippen molar-refractivity contribution in [1.82, 2.24) is 0 Å². The van der Waals surface area contributed by atoms with Crippen LogP contribution in [-0.2, 0) is 26.1 Å². The maximum absolute atomic E-state index is 11.8. The van der Waals surface area contributed by atoms with Gasteiger partial charge in [0.05, 0.1) is 13.0 Å². The highest BCUT2D eigenvalue weighted by atomic mass is 32.2. The van der Waals surface area contributed by atoms with E-state index >= 15 is 0 Å². The molecule has 1 unspecified atom stereocenters. The number of benzene rings is 1. The van der Waals surface area contributed by atoms with Crippen LogP contribution in [0.4, 0.5) is 0 Å². The summed E-state index contributed by atoms with van der Waals surface area (Å²) in [5.41, 5.74) is 2.21. The van der Waals surface area contributed by atoms with Gasteiger partial charge in [-0.2, -0.15) is 0 Å². The van der Waals surface area contributed by atoms with Gasteiger partial charge in [0.25, 0.3) is 0 Å². The van der Waals surface area contributed by atoms with Crippen molar-refractivity contribution >= 4 is 16.8 Å². The van der Waals surface area contributed by atoms with Crippen molar-refractivity contribution in [2.75, 3.05) is 12.4 Å². The van der Waals surface area contributed by atoms with Gasteiger partial charge in [-0.15, -0.1) is 0 Å². The van der Waals surface area contributed by atoms with Crippen molar-refractivity contribution in [3.8, 4) is 0 Å². The van der Waals surface area contributed by atoms with E-state index in [1.165, 1.54) is 0 Å². The summed E-state index contributed by atoms with van der Waals surface area (Å²) in [7, 11) is -1.01. The SMILES string of the molecule is CCOC(=O)CCS(=O)Cc1ccccc1C. The molecule has 0 aliphatic heterocycles. The molecule has 0 N–H and O–H groups in total. The predicted molar refractivity (Wildman–Crippen MR) is 69.1 cm³/mol. The maximum atomic E-state index is 11.8. The first kappa shape index (κ1) is 13.9. The Bertz CT molecular complexity index is 401. The van der Waals surface area contributed by atoms with Crippen LogP contribution < -0.4 is 0 Å². The lowest BCUT2D eigenvalue weighted by Crippen LogP contribution is -2.10. The van der Waals surface area contributed by atoms with Crippen LogP contribution in [-0.4, -0.2) is 22.5 Å². The number of carbonyl (C=O) groups excluding carboxylic acids is 1. The Morgan fingerprint density at radius 3 is 2.71 bits per heavy atom. The van der Waals surface area contributed by atoms with Crippen molar-refractivity contribution in [3.05, 3.63) is 35.4 Å². The van der Waals surface area contributed by atoms with Crippen LogP contribution in [0.3, 0.4) is 0 Å². The van der Waals surface area contributed by atoms with Gasteiger partial charge in [-0.3, -0.25) is 9.00 Å². The third-order valence-corrected chi connectivity index (χ3v) is 3.71. The number of ether oxygens (including phenoxy) is 1. The molecule has 0 aromatic heterocycles. The molecule has 0 radical (unpaired) electrons. The topological polar surface area (TPSA) is 43.4 Å². The zero-order chi connectivity index (χ0) is 12.7. The van der Waals surface area contributed by atoms with Gasteiger partial charge in [-0.05, 0) is 25.0 Å². The molecular formula is C13H18O3S. The largest absolute Gasteiger partial charge is 0.466 e. The first-order valence-corrected chi connectivity index (χ1v) is 7.17. The van der Waals surface area contributed by atoms with Crippen LogP contribution in [0.5, 0.6) is 0 Å². The summed E-state index contributed by atoms with van der Waals surface area (Å²) in [5.74, 6) is 0.602. The molecule has 0 saturated heterocycles. The Balaban J connectivity index is 2.40. The fourth-order valence-corrected chi connectivity index (χ4v) is 2.66. The molecule has 3 nitrogen and oxygen atoms in total. The summed E-state index contributed by atoms with van der Waals surface area (Å²) in [5, 5.41) is 0. The van der Waals surface area contributed by atoms with Crippen molar-refractivity contribution < 1.29 is 13.7 Å². The molecule has 1 rings (SSSR count). The Labute approximate surface area is 105 Å². The van der Waals surface area contributed by atoms with Crippen LogP contribution in [0, 0.1) is 6.92 Å². The molecule has 1 aromatic rings. The van der Waals surface area contributed by atoms with Gasteiger partial charge in [0, 0.05) is 22.3 Å². The van der Waals surface area contributed by atoms with E-state index in [-0.39, 0.29) is 12.4 Å². The first-order chi connectivity index (χ1) is 8.13. The van der Waals surface area contributed by atoms with E-state index in [1.807, 2.05) is 31.2 Å². The lowest BCUT2D eigenvalue weighted by molar-refractivity contribution is -0.142. The summed E-state index contributed by atoms with van der Waals surface area (Å²) >= 11 is 0. The number of esters is 1. The summed E-state index contributed by atoms with van der Waals surface area (Å²) in [4.78, 5) is 11.1. The number of carbonyl (C=O) groups is 1. The van der Waals surface area contributed by atoms with Gasteiger partial charge < -0.3 is 4.74 Å². The van der Waals surface area contributed by atoms with Gasteiger partial charge in [0.1, 0.15) is 0 Å². The van der Waals surface area contributed by atoms with E-state index < -0.39 is 10.8 Å². The normalized spacial score (nSPS) is 12.1. The zero-order valence-electron chi connectivity index (χ0n) is 10.3. The molecule has 1 atom stereocenters. The Kier molecular flexibility index (Phi) is 5.91. The van der Waals surface area contributed by atoms with E-state index in [9.17, 15) is 9.00 Å². The van der Waals surface area contributed by atoms with Crippen LogP contribution >= 0.6 is 0 Å². The molecule has 0 bridgehead atoms. The molecular weight excluding hydrogens is 236 g/mol. The van der Waals surface area contributed by atoms with E-state index in [0.717, 1.165) is 11.1 Å². The molecule has 94 valence electrons. The van der Waals surface area contributed by atoms with Crippen LogP contribution in [0.15, 0.2) is 24.3 Å². The molecule has 0 spiro atoms. The fourth-order valence-electron chi connectivity index (χ4n) is 1.45. The highest BCUT2D eigenvalue weighted by molar-refractivity contribution is 7.84. The lowest BCUT2D eigenvalue weighted by atomic mass is 10.1. The van der Waals surface area contributed by atoms with Crippen LogP contribution in [0.2, 0.25) is 0 Å². The van der Waals surface area contributed by atoms with Crippen molar-refractivity contribution in [2.45, 2.75) is 26.0 Å². The summed E-state index contributed by atoms with van der Waals surface area (Å²) in [6.45, 7) is 4.14. The Morgan fingerprint density at radius 1 is 1.35 bits per heavy atom. The molecule has 0 fully saturated rings. The lowest BCUT2D eigenvalue weighted by Gasteiger charge is -2.05. The average molecular weight is 254 g/mol. The summed E-state index contributed by atoms with van der Waals surface area (Å²) in [6, 6.07) is 7.86. The molecule has 4 heteroatoms.